The highest BCUT2D eigenvalue weighted by atomic mass is 16.2. The predicted octanol–water partition coefficient (Wildman–Crippen LogP) is 3.12. The molecule has 6 heteroatoms. The number of fused-ring (bicyclic) bond motifs is 1. The van der Waals surface area contributed by atoms with Crippen molar-refractivity contribution < 1.29 is 9.59 Å². The second-order valence-corrected chi connectivity index (χ2v) is 7.64. The number of aromatic nitrogens is 2. The first-order chi connectivity index (χ1) is 13.7. The summed E-state index contributed by atoms with van der Waals surface area (Å²) in [5.41, 5.74) is 2.50. The Kier molecular flexibility index (Phi) is 5.46. The monoisotopic (exact) mass is 380 g/mol. The Bertz CT molecular complexity index is 853. The Hall–Kier alpha value is -2.63. The molecule has 2 aliphatic rings. The maximum atomic E-state index is 13.3. The molecule has 1 fully saturated rings. The third-order valence-corrected chi connectivity index (χ3v) is 5.79. The average Bonchev–Trinajstić information content (AvgIpc) is 3.40. The molecule has 3 heterocycles. The van der Waals surface area contributed by atoms with Crippen molar-refractivity contribution in [2.45, 2.75) is 52.1 Å². The molecule has 148 valence electrons. The van der Waals surface area contributed by atoms with Gasteiger partial charge in [0.15, 0.2) is 5.82 Å². The van der Waals surface area contributed by atoms with E-state index in [-0.39, 0.29) is 11.8 Å². The smallest absolute Gasteiger partial charge is 0.289 e. The summed E-state index contributed by atoms with van der Waals surface area (Å²) in [6, 6.07) is 10.0. The molecule has 2 amide bonds. The second kappa shape index (κ2) is 8.17. The van der Waals surface area contributed by atoms with Crippen LogP contribution in [0, 0.1) is 0 Å². The molecule has 6 nitrogen and oxygen atoms in total. The maximum Gasteiger partial charge on any atom is 0.289 e. The van der Waals surface area contributed by atoms with Gasteiger partial charge in [-0.25, -0.2) is 4.98 Å². The number of likely N-dealkylation sites (tertiary alicyclic amines) is 1. The first-order valence-corrected chi connectivity index (χ1v) is 10.4. The topological polar surface area (TPSA) is 58.4 Å². The SMILES string of the molecule is CCN(Cc1ccccc1)C(=O)c1nc(C(=O)N2CCCC2)n2c1CCCC2. The highest BCUT2D eigenvalue weighted by molar-refractivity contribution is 5.97. The van der Waals surface area contributed by atoms with Crippen LogP contribution in [0.2, 0.25) is 0 Å². The van der Waals surface area contributed by atoms with Crippen molar-refractivity contribution >= 4 is 11.8 Å². The molecule has 0 unspecified atom stereocenters. The van der Waals surface area contributed by atoms with Gasteiger partial charge < -0.3 is 14.4 Å². The van der Waals surface area contributed by atoms with Crippen LogP contribution in [0.4, 0.5) is 0 Å². The Balaban J connectivity index is 1.64. The zero-order valence-corrected chi connectivity index (χ0v) is 16.6. The van der Waals surface area contributed by atoms with E-state index in [1.165, 1.54) is 0 Å². The van der Waals surface area contributed by atoms with Crippen LogP contribution in [-0.4, -0.2) is 50.8 Å². The van der Waals surface area contributed by atoms with Crippen molar-refractivity contribution in [2.24, 2.45) is 0 Å². The Labute approximate surface area is 166 Å². The molecular weight excluding hydrogens is 352 g/mol. The van der Waals surface area contributed by atoms with Crippen molar-refractivity contribution in [3.05, 3.63) is 53.1 Å². The van der Waals surface area contributed by atoms with Crippen LogP contribution in [0.15, 0.2) is 30.3 Å². The van der Waals surface area contributed by atoms with Crippen molar-refractivity contribution in [1.82, 2.24) is 19.4 Å². The Morgan fingerprint density at radius 2 is 1.75 bits per heavy atom. The fourth-order valence-corrected chi connectivity index (χ4v) is 4.22. The fourth-order valence-electron chi connectivity index (χ4n) is 4.22. The van der Waals surface area contributed by atoms with Crippen LogP contribution in [0.25, 0.3) is 0 Å². The van der Waals surface area contributed by atoms with Crippen molar-refractivity contribution in [2.75, 3.05) is 19.6 Å². The number of hydrogen-bond donors (Lipinski definition) is 0. The summed E-state index contributed by atoms with van der Waals surface area (Å²) in [5, 5.41) is 0. The van der Waals surface area contributed by atoms with E-state index in [1.54, 1.807) is 0 Å². The molecule has 2 aliphatic heterocycles. The number of hydrogen-bond acceptors (Lipinski definition) is 3. The van der Waals surface area contributed by atoms with Gasteiger partial charge in [-0.1, -0.05) is 30.3 Å². The zero-order valence-electron chi connectivity index (χ0n) is 16.6. The van der Waals surface area contributed by atoms with Crippen molar-refractivity contribution in [3.8, 4) is 0 Å². The van der Waals surface area contributed by atoms with Gasteiger partial charge in [-0.15, -0.1) is 0 Å². The van der Waals surface area contributed by atoms with E-state index in [1.807, 2.05) is 51.6 Å². The number of rotatable bonds is 5. The zero-order chi connectivity index (χ0) is 19.5. The van der Waals surface area contributed by atoms with E-state index in [9.17, 15) is 9.59 Å². The normalized spacial score (nSPS) is 16.1. The van der Waals surface area contributed by atoms with Crippen LogP contribution >= 0.6 is 0 Å². The van der Waals surface area contributed by atoms with Gasteiger partial charge in [0.1, 0.15) is 5.69 Å². The molecular formula is C22H28N4O2. The quantitative estimate of drug-likeness (QED) is 0.801. The van der Waals surface area contributed by atoms with Crippen molar-refractivity contribution in [3.63, 3.8) is 0 Å². The highest BCUT2D eigenvalue weighted by Gasteiger charge is 2.32. The van der Waals surface area contributed by atoms with E-state index in [0.717, 1.165) is 63.0 Å². The van der Waals surface area contributed by atoms with Crippen LogP contribution in [0.1, 0.15) is 65.0 Å². The van der Waals surface area contributed by atoms with Crippen LogP contribution in [-0.2, 0) is 19.5 Å². The molecule has 0 bridgehead atoms. The molecule has 0 aliphatic carbocycles. The summed E-state index contributed by atoms with van der Waals surface area (Å²) in [7, 11) is 0. The van der Waals surface area contributed by atoms with Gasteiger partial charge in [-0.3, -0.25) is 9.59 Å². The first-order valence-electron chi connectivity index (χ1n) is 10.4. The van der Waals surface area contributed by atoms with E-state index in [0.29, 0.717) is 24.6 Å². The Morgan fingerprint density at radius 1 is 1.04 bits per heavy atom. The number of imidazole rings is 1. The third-order valence-electron chi connectivity index (χ3n) is 5.79. The molecule has 4 rings (SSSR count). The molecule has 0 radical (unpaired) electrons. The van der Waals surface area contributed by atoms with Gasteiger partial charge in [0.2, 0.25) is 0 Å². The lowest BCUT2D eigenvalue weighted by molar-refractivity contribution is 0.0745. The summed E-state index contributed by atoms with van der Waals surface area (Å²) in [4.78, 5) is 34.7. The standard InChI is InChI=1S/C22H28N4O2/c1-2-24(16-17-10-4-3-5-11-17)21(27)19-18-12-6-7-15-26(18)20(23-19)22(28)25-13-8-9-14-25/h3-5,10-11H,2,6-9,12-16H2,1H3. The van der Waals surface area contributed by atoms with Crippen molar-refractivity contribution in [1.29, 1.82) is 0 Å². The highest BCUT2D eigenvalue weighted by Crippen LogP contribution is 2.24. The lowest BCUT2D eigenvalue weighted by atomic mass is 10.1. The molecule has 1 saturated heterocycles. The van der Waals surface area contributed by atoms with Gasteiger partial charge in [0.05, 0.1) is 5.69 Å². The molecule has 0 atom stereocenters. The molecule has 0 saturated carbocycles. The van der Waals surface area contributed by atoms with Gasteiger partial charge in [-0.2, -0.15) is 0 Å². The number of amides is 2. The molecule has 0 N–H and O–H groups in total. The number of nitrogens with zero attached hydrogens (tertiary/aromatic N) is 4. The van der Waals surface area contributed by atoms with E-state index >= 15 is 0 Å². The summed E-state index contributed by atoms with van der Waals surface area (Å²) in [6.45, 7) is 5.50. The average molecular weight is 380 g/mol. The second-order valence-electron chi connectivity index (χ2n) is 7.64. The first kappa shape index (κ1) is 18.7. The molecule has 28 heavy (non-hydrogen) atoms. The third kappa shape index (κ3) is 3.55. The minimum absolute atomic E-state index is 0.0224. The van der Waals surface area contributed by atoms with Crippen LogP contribution in [0.3, 0.4) is 0 Å². The van der Waals surface area contributed by atoms with E-state index in [4.69, 9.17) is 0 Å². The van der Waals surface area contributed by atoms with E-state index in [2.05, 4.69) is 4.98 Å². The number of carbonyl (C=O) groups excluding carboxylic acids is 2. The van der Waals surface area contributed by atoms with Gasteiger partial charge in [0.25, 0.3) is 11.8 Å². The van der Waals surface area contributed by atoms with Gasteiger partial charge >= 0.3 is 0 Å². The van der Waals surface area contributed by atoms with E-state index < -0.39 is 0 Å². The summed E-state index contributed by atoms with van der Waals surface area (Å²) >= 11 is 0. The predicted molar refractivity (Wildman–Crippen MR) is 107 cm³/mol. The van der Waals surface area contributed by atoms with Gasteiger partial charge in [-0.05, 0) is 44.6 Å². The molecule has 1 aromatic heterocycles. The number of carbonyl (C=O) groups is 2. The fraction of sp³-hybridized carbons (Fsp3) is 0.500. The lowest BCUT2D eigenvalue weighted by Crippen LogP contribution is -2.31. The Morgan fingerprint density at radius 3 is 2.46 bits per heavy atom. The number of benzene rings is 1. The maximum absolute atomic E-state index is 13.3. The largest absolute Gasteiger partial charge is 0.336 e. The van der Waals surface area contributed by atoms with Gasteiger partial charge in [0, 0.05) is 32.7 Å². The molecule has 0 spiro atoms. The molecule has 1 aromatic carbocycles. The summed E-state index contributed by atoms with van der Waals surface area (Å²) < 4.78 is 2.01. The minimum atomic E-state index is -0.0718. The van der Waals surface area contributed by atoms with Crippen LogP contribution in [0.5, 0.6) is 0 Å². The molecule has 2 aromatic rings. The minimum Gasteiger partial charge on any atom is -0.336 e. The lowest BCUT2D eigenvalue weighted by Gasteiger charge is -2.22. The summed E-state index contributed by atoms with van der Waals surface area (Å²) in [5.74, 6) is 0.360. The summed E-state index contributed by atoms with van der Waals surface area (Å²) in [6.07, 6.45) is 4.97. The van der Waals surface area contributed by atoms with Crippen LogP contribution < -0.4 is 0 Å².